The van der Waals surface area contributed by atoms with Crippen LogP contribution in [-0.2, 0) is 4.79 Å². The van der Waals surface area contributed by atoms with Crippen molar-refractivity contribution in [3.05, 3.63) is 88.7 Å². The second kappa shape index (κ2) is 10.6. The van der Waals surface area contributed by atoms with E-state index in [0.717, 1.165) is 17.0 Å². The molecule has 0 unspecified atom stereocenters. The third kappa shape index (κ3) is 4.84. The van der Waals surface area contributed by atoms with Crippen molar-refractivity contribution in [3.63, 3.8) is 0 Å². The van der Waals surface area contributed by atoms with Gasteiger partial charge < -0.3 is 9.64 Å². The van der Waals surface area contributed by atoms with Gasteiger partial charge >= 0.3 is 0 Å². The Morgan fingerprint density at radius 3 is 2.41 bits per heavy atom. The number of carbonyl (C=O) groups is 1. The molecule has 0 aliphatic heterocycles. The van der Waals surface area contributed by atoms with Gasteiger partial charge in [-0.1, -0.05) is 42.1 Å². The van der Waals surface area contributed by atoms with Gasteiger partial charge in [0, 0.05) is 12.2 Å². The van der Waals surface area contributed by atoms with E-state index in [2.05, 4.69) is 0 Å². The Balaban J connectivity index is 1.70. The average Bonchev–Trinajstić information content (AvgIpc) is 2.85. The van der Waals surface area contributed by atoms with Gasteiger partial charge in [0.05, 0.1) is 29.0 Å². The lowest BCUT2D eigenvalue weighted by Crippen LogP contribution is -2.33. The second-order valence-electron chi connectivity index (χ2n) is 7.69. The normalized spacial score (nSPS) is 10.9. The van der Waals surface area contributed by atoms with Gasteiger partial charge in [0.2, 0.25) is 5.91 Å². The zero-order valence-electron chi connectivity index (χ0n) is 19.5. The largest absolute Gasteiger partial charge is 0.494 e. The molecule has 1 amide bonds. The summed E-state index contributed by atoms with van der Waals surface area (Å²) in [5.74, 6) is 0.848. The molecule has 174 valence electrons. The molecule has 0 radical (unpaired) electrons. The number of para-hydroxylation sites is 2. The van der Waals surface area contributed by atoms with Gasteiger partial charge in [-0.2, -0.15) is 0 Å². The third-order valence-corrected chi connectivity index (χ3v) is 6.42. The fourth-order valence-corrected chi connectivity index (χ4v) is 4.74. The van der Waals surface area contributed by atoms with Crippen molar-refractivity contribution in [2.24, 2.45) is 0 Å². The average molecular weight is 474 g/mol. The molecule has 0 aliphatic rings. The van der Waals surface area contributed by atoms with Crippen LogP contribution in [0, 0.1) is 6.92 Å². The molecule has 0 saturated carbocycles. The van der Waals surface area contributed by atoms with E-state index in [9.17, 15) is 9.59 Å². The zero-order chi connectivity index (χ0) is 24.1. The van der Waals surface area contributed by atoms with E-state index in [4.69, 9.17) is 9.72 Å². The lowest BCUT2D eigenvalue weighted by molar-refractivity contribution is -0.116. The molecule has 0 saturated heterocycles. The molecular formula is C27H27N3O3S. The highest BCUT2D eigenvalue weighted by atomic mass is 32.2. The van der Waals surface area contributed by atoms with Gasteiger partial charge in [-0.25, -0.2) is 4.98 Å². The van der Waals surface area contributed by atoms with Crippen LogP contribution in [0.2, 0.25) is 0 Å². The van der Waals surface area contributed by atoms with Crippen molar-refractivity contribution >= 4 is 34.3 Å². The number of fused-ring (bicyclic) bond motifs is 1. The van der Waals surface area contributed by atoms with Crippen LogP contribution in [0.3, 0.4) is 0 Å². The Hall–Kier alpha value is -3.58. The van der Waals surface area contributed by atoms with E-state index in [1.165, 1.54) is 11.8 Å². The number of nitrogens with zero attached hydrogens (tertiary/aromatic N) is 3. The van der Waals surface area contributed by atoms with E-state index in [1.54, 1.807) is 15.5 Å². The molecule has 4 rings (SSSR count). The SMILES string of the molecule is CCOc1ccc(-n2c(SCC(=O)N(CC)c3ccccc3C)nc3ccccc3c2=O)cc1. The number of hydrogen-bond donors (Lipinski definition) is 0. The molecule has 0 bridgehead atoms. The molecule has 1 heterocycles. The van der Waals surface area contributed by atoms with E-state index >= 15 is 0 Å². The standard InChI is InChI=1S/C27H27N3O3S/c1-4-29(24-13-9-6-10-19(24)3)25(31)18-34-27-28-23-12-8-7-11-22(23)26(32)30(27)20-14-16-21(17-15-20)33-5-2/h6-17H,4-5,18H2,1-3H3. The number of anilines is 1. The third-order valence-electron chi connectivity index (χ3n) is 5.50. The summed E-state index contributed by atoms with van der Waals surface area (Å²) >= 11 is 1.27. The summed E-state index contributed by atoms with van der Waals surface area (Å²) in [6.07, 6.45) is 0. The molecule has 34 heavy (non-hydrogen) atoms. The van der Waals surface area contributed by atoms with Gasteiger partial charge in [0.15, 0.2) is 5.16 Å². The van der Waals surface area contributed by atoms with Gasteiger partial charge in [-0.15, -0.1) is 0 Å². The first-order chi connectivity index (χ1) is 16.5. The van der Waals surface area contributed by atoms with Crippen LogP contribution in [0.1, 0.15) is 19.4 Å². The van der Waals surface area contributed by atoms with Gasteiger partial charge in [-0.3, -0.25) is 14.2 Å². The summed E-state index contributed by atoms with van der Waals surface area (Å²) in [7, 11) is 0. The number of rotatable bonds is 8. The zero-order valence-corrected chi connectivity index (χ0v) is 20.3. The quantitative estimate of drug-likeness (QED) is 0.259. The fourth-order valence-electron chi connectivity index (χ4n) is 3.85. The summed E-state index contributed by atoms with van der Waals surface area (Å²) in [5, 5.41) is 1.00. The van der Waals surface area contributed by atoms with Crippen molar-refractivity contribution in [2.45, 2.75) is 25.9 Å². The summed E-state index contributed by atoms with van der Waals surface area (Å²) in [6.45, 7) is 7.00. The van der Waals surface area contributed by atoms with Crippen LogP contribution >= 0.6 is 11.8 Å². The Kier molecular flexibility index (Phi) is 7.33. The minimum absolute atomic E-state index is 0.0394. The van der Waals surface area contributed by atoms with Crippen LogP contribution in [0.4, 0.5) is 5.69 Å². The molecule has 0 fully saturated rings. The van der Waals surface area contributed by atoms with Crippen molar-refractivity contribution in [1.29, 1.82) is 0 Å². The number of hydrogen-bond acceptors (Lipinski definition) is 5. The highest BCUT2D eigenvalue weighted by Crippen LogP contribution is 2.25. The Bertz CT molecular complexity index is 1370. The fraction of sp³-hybridized carbons (Fsp3) is 0.222. The molecule has 6 nitrogen and oxygen atoms in total. The van der Waals surface area contributed by atoms with E-state index < -0.39 is 0 Å². The molecule has 0 atom stereocenters. The van der Waals surface area contributed by atoms with E-state index in [-0.39, 0.29) is 17.2 Å². The molecular weight excluding hydrogens is 446 g/mol. The number of aromatic nitrogens is 2. The molecule has 0 N–H and O–H groups in total. The predicted molar refractivity (Wildman–Crippen MR) is 138 cm³/mol. The van der Waals surface area contributed by atoms with Crippen molar-refractivity contribution < 1.29 is 9.53 Å². The van der Waals surface area contributed by atoms with Gasteiger partial charge in [0.25, 0.3) is 5.56 Å². The van der Waals surface area contributed by atoms with Gasteiger partial charge in [0.1, 0.15) is 5.75 Å². The Morgan fingerprint density at radius 2 is 1.71 bits per heavy atom. The molecule has 4 aromatic rings. The maximum absolute atomic E-state index is 13.4. The number of benzene rings is 3. The van der Waals surface area contributed by atoms with Crippen molar-refractivity contribution in [3.8, 4) is 11.4 Å². The summed E-state index contributed by atoms with van der Waals surface area (Å²) in [4.78, 5) is 33.1. The van der Waals surface area contributed by atoms with Crippen molar-refractivity contribution in [2.75, 3.05) is 23.8 Å². The summed E-state index contributed by atoms with van der Waals surface area (Å²) < 4.78 is 7.11. The summed E-state index contributed by atoms with van der Waals surface area (Å²) in [5.41, 5.74) is 3.04. The maximum Gasteiger partial charge on any atom is 0.266 e. The number of ether oxygens (including phenoxy) is 1. The van der Waals surface area contributed by atoms with Crippen LogP contribution in [-0.4, -0.2) is 34.4 Å². The van der Waals surface area contributed by atoms with Gasteiger partial charge in [-0.05, 0) is 68.8 Å². The molecule has 7 heteroatoms. The first-order valence-corrected chi connectivity index (χ1v) is 12.3. The number of carbonyl (C=O) groups excluding carboxylic acids is 1. The Morgan fingerprint density at radius 1 is 1.00 bits per heavy atom. The summed E-state index contributed by atoms with van der Waals surface area (Å²) in [6, 6.07) is 22.4. The number of amides is 1. The maximum atomic E-state index is 13.4. The van der Waals surface area contributed by atoms with Crippen LogP contribution in [0.15, 0.2) is 82.7 Å². The van der Waals surface area contributed by atoms with E-state index in [0.29, 0.717) is 34.9 Å². The molecule has 0 aliphatic carbocycles. The second-order valence-corrected chi connectivity index (χ2v) is 8.63. The Labute approximate surface area is 203 Å². The first-order valence-electron chi connectivity index (χ1n) is 11.3. The highest BCUT2D eigenvalue weighted by molar-refractivity contribution is 7.99. The lowest BCUT2D eigenvalue weighted by atomic mass is 10.2. The molecule has 1 aromatic heterocycles. The smallest absolute Gasteiger partial charge is 0.266 e. The molecule has 0 spiro atoms. The van der Waals surface area contributed by atoms with E-state index in [1.807, 2.05) is 87.5 Å². The van der Waals surface area contributed by atoms with Crippen LogP contribution in [0.25, 0.3) is 16.6 Å². The number of thioether (sulfide) groups is 1. The predicted octanol–water partition coefficient (Wildman–Crippen LogP) is 5.24. The highest BCUT2D eigenvalue weighted by Gasteiger charge is 2.19. The van der Waals surface area contributed by atoms with Crippen molar-refractivity contribution in [1.82, 2.24) is 9.55 Å². The minimum atomic E-state index is -0.170. The van der Waals surface area contributed by atoms with Crippen LogP contribution < -0.4 is 15.2 Å². The molecule has 3 aromatic carbocycles. The lowest BCUT2D eigenvalue weighted by Gasteiger charge is -2.23. The minimum Gasteiger partial charge on any atom is -0.494 e. The first kappa shape index (κ1) is 23.6. The van der Waals surface area contributed by atoms with Crippen LogP contribution in [0.5, 0.6) is 5.75 Å². The monoisotopic (exact) mass is 473 g/mol. The topological polar surface area (TPSA) is 64.4 Å². The number of aryl methyl sites for hydroxylation is 1.